The second kappa shape index (κ2) is 7.88. The van der Waals surface area contributed by atoms with Crippen LogP contribution < -0.4 is 0 Å². The molecular weight excluding hydrogens is 344 g/mol. The highest BCUT2D eigenvalue weighted by Crippen LogP contribution is 2.69. The summed E-state index contributed by atoms with van der Waals surface area (Å²) in [6.45, 7) is 10.3. The fourth-order valence-corrected chi connectivity index (χ4v) is 9.63. The summed E-state index contributed by atoms with van der Waals surface area (Å²) in [7, 11) is 0. The minimum Gasteiger partial charge on any atom is -0.396 e. The van der Waals surface area contributed by atoms with Gasteiger partial charge in [-0.15, -0.1) is 0 Å². The van der Waals surface area contributed by atoms with Gasteiger partial charge in [0.1, 0.15) is 0 Å². The lowest BCUT2D eigenvalue weighted by atomic mass is 9.41. The maximum atomic E-state index is 11.7. The van der Waals surface area contributed by atoms with Crippen LogP contribution in [0.2, 0.25) is 0 Å². The summed E-state index contributed by atoms with van der Waals surface area (Å²) in [5.41, 5.74) is 0.887. The first-order chi connectivity index (χ1) is 13.4. The molecule has 4 fully saturated rings. The van der Waals surface area contributed by atoms with E-state index in [0.717, 1.165) is 42.9 Å². The van der Waals surface area contributed by atoms with Gasteiger partial charge in [-0.1, -0.05) is 47.0 Å². The van der Waals surface area contributed by atoms with Gasteiger partial charge >= 0.3 is 0 Å². The zero-order chi connectivity index (χ0) is 20.1. The number of hydrogen-bond acceptors (Lipinski definition) is 2. The molecule has 0 saturated heterocycles. The molecule has 0 heterocycles. The predicted molar refractivity (Wildman–Crippen MR) is 116 cm³/mol. The lowest BCUT2D eigenvalue weighted by Gasteiger charge is -2.64. The highest BCUT2D eigenvalue weighted by Gasteiger charge is 2.64. The summed E-state index contributed by atoms with van der Waals surface area (Å²) in [6, 6.07) is 0. The second-order valence-corrected chi connectivity index (χ2v) is 11.8. The van der Waals surface area contributed by atoms with E-state index in [1.807, 2.05) is 0 Å². The molecule has 4 rings (SSSR count). The Morgan fingerprint density at radius 3 is 2.39 bits per heavy atom. The fraction of sp³-hybridized carbons (Fsp3) is 1.00. The highest BCUT2D eigenvalue weighted by molar-refractivity contribution is 5.13. The van der Waals surface area contributed by atoms with Gasteiger partial charge in [0.05, 0.1) is 6.10 Å². The standard InChI is InChI=1S/C26H46O2/c1-5-18-20-10-6-7-14-25(20,3)22-13-15-26(4)19(17(2)9-8-16-27)11-12-21(26)23(22)24(18)28/h17-24,27-28H,5-16H2,1-4H3/t17-,18+,19-,20+,21?,22?,23?,24+,25?,26?/m1/s1. The van der Waals surface area contributed by atoms with Crippen molar-refractivity contribution in [1.29, 1.82) is 0 Å². The molecule has 0 aromatic rings. The van der Waals surface area contributed by atoms with E-state index in [9.17, 15) is 10.2 Å². The van der Waals surface area contributed by atoms with Crippen molar-refractivity contribution in [3.63, 3.8) is 0 Å². The largest absolute Gasteiger partial charge is 0.396 e. The highest BCUT2D eigenvalue weighted by atomic mass is 16.3. The van der Waals surface area contributed by atoms with Crippen LogP contribution in [0.3, 0.4) is 0 Å². The Kier molecular flexibility index (Phi) is 5.95. The first-order valence-electron chi connectivity index (χ1n) is 12.7. The number of fused-ring (bicyclic) bond motifs is 5. The lowest BCUT2D eigenvalue weighted by Crippen LogP contribution is -2.61. The summed E-state index contributed by atoms with van der Waals surface area (Å²) < 4.78 is 0. The van der Waals surface area contributed by atoms with Crippen LogP contribution in [-0.2, 0) is 0 Å². The van der Waals surface area contributed by atoms with Crippen molar-refractivity contribution in [2.45, 2.75) is 104 Å². The van der Waals surface area contributed by atoms with Gasteiger partial charge in [0.2, 0.25) is 0 Å². The molecule has 0 amide bonds. The molecule has 2 N–H and O–H groups in total. The predicted octanol–water partition coefficient (Wildman–Crippen LogP) is 6.05. The Morgan fingerprint density at radius 1 is 0.929 bits per heavy atom. The number of rotatable bonds is 5. The van der Waals surface area contributed by atoms with Crippen LogP contribution in [-0.4, -0.2) is 22.9 Å². The summed E-state index contributed by atoms with van der Waals surface area (Å²) in [5, 5.41) is 21.0. The van der Waals surface area contributed by atoms with Crippen LogP contribution in [0.1, 0.15) is 98.3 Å². The van der Waals surface area contributed by atoms with E-state index >= 15 is 0 Å². The van der Waals surface area contributed by atoms with E-state index in [1.54, 1.807) is 0 Å². The maximum Gasteiger partial charge on any atom is 0.0605 e. The molecule has 0 aliphatic heterocycles. The van der Waals surface area contributed by atoms with Gasteiger partial charge in [-0.25, -0.2) is 0 Å². The van der Waals surface area contributed by atoms with Crippen molar-refractivity contribution >= 4 is 0 Å². The summed E-state index contributed by atoms with van der Waals surface area (Å²) in [4.78, 5) is 0. The Bertz CT molecular complexity index is 547. The van der Waals surface area contributed by atoms with Gasteiger partial charge in [0.25, 0.3) is 0 Å². The molecule has 2 heteroatoms. The minimum absolute atomic E-state index is 0.0673. The van der Waals surface area contributed by atoms with E-state index in [0.29, 0.717) is 35.2 Å². The fourth-order valence-electron chi connectivity index (χ4n) is 9.63. The zero-order valence-corrected chi connectivity index (χ0v) is 19.0. The van der Waals surface area contributed by atoms with Gasteiger partial charge in [0, 0.05) is 6.61 Å². The molecule has 162 valence electrons. The quantitative estimate of drug-likeness (QED) is 0.600. The lowest BCUT2D eigenvalue weighted by molar-refractivity contribution is -0.194. The number of aliphatic hydroxyl groups excluding tert-OH is 2. The van der Waals surface area contributed by atoms with Gasteiger partial charge in [0.15, 0.2) is 0 Å². The third-order valence-corrected chi connectivity index (χ3v) is 10.9. The third kappa shape index (κ3) is 3.03. The van der Waals surface area contributed by atoms with Crippen LogP contribution >= 0.6 is 0 Å². The Balaban J connectivity index is 1.63. The van der Waals surface area contributed by atoms with Crippen molar-refractivity contribution in [1.82, 2.24) is 0 Å². The summed E-state index contributed by atoms with van der Waals surface area (Å²) in [6.07, 6.45) is 14.2. The van der Waals surface area contributed by atoms with Crippen LogP contribution in [0.25, 0.3) is 0 Å². The van der Waals surface area contributed by atoms with Crippen LogP contribution in [0.5, 0.6) is 0 Å². The molecule has 4 aliphatic carbocycles. The molecule has 2 nitrogen and oxygen atoms in total. The van der Waals surface area contributed by atoms with Gasteiger partial charge < -0.3 is 10.2 Å². The topological polar surface area (TPSA) is 40.5 Å². The summed E-state index contributed by atoms with van der Waals surface area (Å²) >= 11 is 0. The van der Waals surface area contributed by atoms with Crippen LogP contribution in [0.4, 0.5) is 0 Å². The van der Waals surface area contributed by atoms with Crippen molar-refractivity contribution in [2.24, 2.45) is 52.3 Å². The van der Waals surface area contributed by atoms with Gasteiger partial charge in [-0.3, -0.25) is 0 Å². The zero-order valence-electron chi connectivity index (χ0n) is 19.0. The number of aliphatic hydroxyl groups is 2. The monoisotopic (exact) mass is 390 g/mol. The maximum absolute atomic E-state index is 11.7. The SMILES string of the molecule is CC[C@@H]1[C@H](O)C2C3CC[C@H]([C@H](C)CCCO)C3(C)CCC2C2(C)CCCC[C@@H]12. The molecule has 4 saturated carbocycles. The minimum atomic E-state index is -0.0673. The summed E-state index contributed by atoms with van der Waals surface area (Å²) in [5.74, 6) is 4.79. The molecule has 4 aliphatic rings. The third-order valence-electron chi connectivity index (χ3n) is 10.9. The van der Waals surface area contributed by atoms with Crippen molar-refractivity contribution in [3.05, 3.63) is 0 Å². The number of hydrogen-bond donors (Lipinski definition) is 2. The molecule has 0 spiro atoms. The van der Waals surface area contributed by atoms with Crippen molar-refractivity contribution < 1.29 is 10.2 Å². The van der Waals surface area contributed by atoms with Crippen molar-refractivity contribution in [3.8, 4) is 0 Å². The molecular formula is C26H46O2. The average molecular weight is 391 g/mol. The molecule has 10 atom stereocenters. The molecule has 0 radical (unpaired) electrons. The first kappa shape index (κ1) is 21.2. The molecule has 0 bridgehead atoms. The second-order valence-electron chi connectivity index (χ2n) is 11.8. The van der Waals surface area contributed by atoms with E-state index in [1.165, 1.54) is 51.4 Å². The smallest absolute Gasteiger partial charge is 0.0605 e. The normalized spacial score (nSPS) is 51.9. The molecule has 0 aromatic carbocycles. The van der Waals surface area contributed by atoms with Gasteiger partial charge in [-0.05, 0) is 104 Å². The van der Waals surface area contributed by atoms with E-state index < -0.39 is 0 Å². The van der Waals surface area contributed by atoms with E-state index in [4.69, 9.17) is 0 Å². The van der Waals surface area contributed by atoms with Crippen molar-refractivity contribution in [2.75, 3.05) is 6.61 Å². The Hall–Kier alpha value is -0.0800. The first-order valence-corrected chi connectivity index (χ1v) is 12.7. The van der Waals surface area contributed by atoms with Crippen LogP contribution in [0, 0.1) is 52.3 Å². The Morgan fingerprint density at radius 2 is 1.68 bits per heavy atom. The molecule has 5 unspecified atom stereocenters. The molecule has 28 heavy (non-hydrogen) atoms. The van der Waals surface area contributed by atoms with Crippen LogP contribution in [0.15, 0.2) is 0 Å². The van der Waals surface area contributed by atoms with Gasteiger partial charge in [-0.2, -0.15) is 0 Å². The van der Waals surface area contributed by atoms with E-state index in [2.05, 4.69) is 27.7 Å². The Labute approximate surface area is 173 Å². The molecule has 0 aromatic heterocycles. The van der Waals surface area contributed by atoms with E-state index in [-0.39, 0.29) is 6.10 Å². The average Bonchev–Trinajstić information content (AvgIpc) is 3.04.